The number of likely N-dealkylation sites (N-methyl/N-ethyl adjacent to an activating group) is 1. The van der Waals surface area contributed by atoms with E-state index in [0.717, 1.165) is 36.9 Å². The molecule has 2 aliphatic rings. The molecule has 2 aromatic rings. The summed E-state index contributed by atoms with van der Waals surface area (Å²) in [5, 5.41) is 0.731. The van der Waals surface area contributed by atoms with Crippen LogP contribution >= 0.6 is 11.6 Å². The minimum Gasteiger partial charge on any atom is -0.361 e. The highest BCUT2D eigenvalue weighted by Gasteiger charge is 2.31. The largest absolute Gasteiger partial charge is 0.361 e. The van der Waals surface area contributed by atoms with Crippen LogP contribution < -0.4 is 4.90 Å². The Morgan fingerprint density at radius 3 is 2.33 bits per heavy atom. The lowest BCUT2D eigenvalue weighted by molar-refractivity contribution is -0.127. The molecule has 4 rings (SSSR count). The van der Waals surface area contributed by atoms with Crippen LogP contribution in [0.4, 0.5) is 5.69 Å². The molecular weight excluding hydrogens is 432 g/mol. The number of amides is 1. The summed E-state index contributed by atoms with van der Waals surface area (Å²) in [4.78, 5) is 21.8. The van der Waals surface area contributed by atoms with E-state index >= 15 is 0 Å². The van der Waals surface area contributed by atoms with E-state index in [1.54, 1.807) is 6.92 Å². The lowest BCUT2D eigenvalue weighted by Crippen LogP contribution is -2.50. The Bertz CT molecular complexity index is 973. The molecule has 0 aromatic heterocycles. The quantitative estimate of drug-likeness (QED) is 0.589. The summed E-state index contributed by atoms with van der Waals surface area (Å²) >= 11 is 6.13. The van der Waals surface area contributed by atoms with Crippen molar-refractivity contribution >= 4 is 23.2 Å². The van der Waals surface area contributed by atoms with Crippen molar-refractivity contribution in [2.45, 2.75) is 32.0 Å². The normalized spacial score (nSPS) is 21.6. The third-order valence-electron chi connectivity index (χ3n) is 6.94. The predicted octanol–water partition coefficient (Wildman–Crippen LogP) is 4.44. The summed E-state index contributed by atoms with van der Waals surface area (Å²) < 4.78 is 0. The summed E-state index contributed by atoms with van der Waals surface area (Å²) in [5.74, 6) is 0.0388. The number of carbonyl (C=O) groups excluding carboxylic acids is 1. The van der Waals surface area contributed by atoms with E-state index in [1.165, 1.54) is 17.5 Å². The fraction of sp³-hybridized carbons (Fsp3) is 0.444. The van der Waals surface area contributed by atoms with Crippen molar-refractivity contribution < 1.29 is 4.79 Å². The van der Waals surface area contributed by atoms with E-state index in [1.807, 2.05) is 17.0 Å². The van der Waals surface area contributed by atoms with Crippen LogP contribution in [-0.2, 0) is 11.3 Å². The molecule has 0 unspecified atom stereocenters. The number of likely N-dealkylation sites (tertiary alicyclic amines) is 1. The van der Waals surface area contributed by atoms with Gasteiger partial charge in [-0.25, -0.2) is 0 Å². The minimum absolute atomic E-state index is 0.0388. The van der Waals surface area contributed by atoms with Gasteiger partial charge >= 0.3 is 0 Å². The molecule has 0 saturated carbocycles. The van der Waals surface area contributed by atoms with E-state index in [9.17, 15) is 4.79 Å². The Balaban J connectivity index is 1.52. The van der Waals surface area contributed by atoms with Gasteiger partial charge in [0, 0.05) is 61.6 Å². The van der Waals surface area contributed by atoms with Crippen molar-refractivity contribution in [3.05, 3.63) is 76.8 Å². The highest BCUT2D eigenvalue weighted by molar-refractivity contribution is 6.30. The van der Waals surface area contributed by atoms with Gasteiger partial charge < -0.3 is 14.7 Å². The number of benzene rings is 2. The number of anilines is 1. The fourth-order valence-electron chi connectivity index (χ4n) is 4.94. The standard InChI is InChI=1S/C27H35ClN4O/c1-20(2)27(33)31-15-16-32(24-11-9-23(28)10-12-24)26(19-31)22-7-5-21(6-8-22)17-30-14-13-25(18-30)29(3)4/h5-12,25-26H,1,13-19H2,2-4H3/t25-,26-/m0/s1. The van der Waals surface area contributed by atoms with E-state index in [-0.39, 0.29) is 11.9 Å². The van der Waals surface area contributed by atoms with Crippen LogP contribution in [0.2, 0.25) is 5.02 Å². The van der Waals surface area contributed by atoms with Crippen LogP contribution in [0.5, 0.6) is 0 Å². The Labute approximate surface area is 203 Å². The zero-order chi connectivity index (χ0) is 23.5. The fourth-order valence-corrected chi connectivity index (χ4v) is 5.07. The van der Waals surface area contributed by atoms with Crippen LogP contribution in [-0.4, -0.2) is 73.5 Å². The van der Waals surface area contributed by atoms with Gasteiger partial charge in [-0.3, -0.25) is 9.69 Å². The second kappa shape index (κ2) is 10.3. The van der Waals surface area contributed by atoms with Crippen molar-refractivity contribution in [2.75, 3.05) is 51.7 Å². The summed E-state index contributed by atoms with van der Waals surface area (Å²) in [6.07, 6.45) is 1.23. The molecule has 2 atom stereocenters. The Morgan fingerprint density at radius 1 is 1.03 bits per heavy atom. The van der Waals surface area contributed by atoms with Gasteiger partial charge in [0.1, 0.15) is 0 Å². The molecule has 2 heterocycles. The van der Waals surface area contributed by atoms with Crippen LogP contribution in [0.25, 0.3) is 0 Å². The summed E-state index contributed by atoms with van der Waals surface area (Å²) in [7, 11) is 4.34. The van der Waals surface area contributed by atoms with Crippen molar-refractivity contribution in [2.24, 2.45) is 0 Å². The van der Waals surface area contributed by atoms with Gasteiger partial charge in [-0.1, -0.05) is 42.4 Å². The Kier molecular flexibility index (Phi) is 7.42. The zero-order valence-electron chi connectivity index (χ0n) is 20.0. The van der Waals surface area contributed by atoms with Gasteiger partial charge in [-0.2, -0.15) is 0 Å². The molecule has 6 heteroatoms. The van der Waals surface area contributed by atoms with Crippen LogP contribution in [0.15, 0.2) is 60.7 Å². The molecule has 176 valence electrons. The summed E-state index contributed by atoms with van der Waals surface area (Å²) in [6, 6.07) is 17.7. The highest BCUT2D eigenvalue weighted by Crippen LogP contribution is 2.32. The number of hydrogen-bond acceptors (Lipinski definition) is 4. The Morgan fingerprint density at radius 2 is 1.73 bits per heavy atom. The monoisotopic (exact) mass is 466 g/mol. The van der Waals surface area contributed by atoms with E-state index < -0.39 is 0 Å². The molecule has 2 saturated heterocycles. The number of hydrogen-bond donors (Lipinski definition) is 0. The molecule has 5 nitrogen and oxygen atoms in total. The Hall–Kier alpha value is -2.34. The van der Waals surface area contributed by atoms with Crippen LogP contribution in [0.1, 0.15) is 30.5 Å². The van der Waals surface area contributed by atoms with Crippen LogP contribution in [0, 0.1) is 0 Å². The molecule has 33 heavy (non-hydrogen) atoms. The van der Waals surface area contributed by atoms with E-state index in [2.05, 4.69) is 71.8 Å². The van der Waals surface area contributed by atoms with Crippen molar-refractivity contribution in [3.63, 3.8) is 0 Å². The average Bonchev–Trinajstić information content (AvgIpc) is 3.28. The third-order valence-corrected chi connectivity index (χ3v) is 7.19. The van der Waals surface area contributed by atoms with Crippen molar-refractivity contribution in [1.82, 2.24) is 14.7 Å². The van der Waals surface area contributed by atoms with Crippen molar-refractivity contribution in [1.29, 1.82) is 0 Å². The average molecular weight is 467 g/mol. The number of rotatable bonds is 6. The lowest BCUT2D eigenvalue weighted by Gasteiger charge is -2.43. The van der Waals surface area contributed by atoms with Gasteiger partial charge in [-0.05, 0) is 62.8 Å². The van der Waals surface area contributed by atoms with E-state index in [0.29, 0.717) is 24.7 Å². The smallest absolute Gasteiger partial charge is 0.249 e. The first-order valence-electron chi connectivity index (χ1n) is 11.8. The number of nitrogens with zero attached hydrogens (tertiary/aromatic N) is 4. The first kappa shape index (κ1) is 23.8. The molecule has 0 aliphatic carbocycles. The maximum atomic E-state index is 12.7. The molecule has 2 aliphatic heterocycles. The molecule has 0 radical (unpaired) electrons. The SMILES string of the molecule is C=C(C)C(=O)N1CCN(c2ccc(Cl)cc2)[C@H](c2ccc(CN3CC[C@H](N(C)C)C3)cc2)C1. The van der Waals surface area contributed by atoms with Gasteiger partial charge in [0.2, 0.25) is 5.91 Å². The highest BCUT2D eigenvalue weighted by atomic mass is 35.5. The second-order valence-corrected chi connectivity index (χ2v) is 10.0. The molecule has 2 aromatic carbocycles. The maximum Gasteiger partial charge on any atom is 0.249 e. The number of carbonyl (C=O) groups is 1. The first-order chi connectivity index (χ1) is 15.8. The molecule has 1 amide bonds. The van der Waals surface area contributed by atoms with E-state index in [4.69, 9.17) is 11.6 Å². The van der Waals surface area contributed by atoms with Gasteiger partial charge in [-0.15, -0.1) is 0 Å². The van der Waals surface area contributed by atoms with Gasteiger partial charge in [0.25, 0.3) is 0 Å². The summed E-state index contributed by atoms with van der Waals surface area (Å²) in [6.45, 7) is 11.0. The first-order valence-corrected chi connectivity index (χ1v) is 12.1. The number of halogens is 1. The van der Waals surface area contributed by atoms with Crippen LogP contribution in [0.3, 0.4) is 0 Å². The minimum atomic E-state index is 0.0388. The predicted molar refractivity (Wildman–Crippen MR) is 137 cm³/mol. The molecule has 0 spiro atoms. The van der Waals surface area contributed by atoms with Crippen molar-refractivity contribution in [3.8, 4) is 0 Å². The van der Waals surface area contributed by atoms with Gasteiger partial charge in [0.05, 0.1) is 6.04 Å². The molecule has 0 bridgehead atoms. The topological polar surface area (TPSA) is 30.0 Å². The molecule has 0 N–H and O–H groups in total. The number of piperazine rings is 1. The third kappa shape index (κ3) is 5.60. The zero-order valence-corrected chi connectivity index (χ0v) is 20.8. The lowest BCUT2D eigenvalue weighted by atomic mass is 9.99. The second-order valence-electron chi connectivity index (χ2n) is 9.60. The molecular formula is C27H35ClN4O. The molecule has 2 fully saturated rings. The summed E-state index contributed by atoms with van der Waals surface area (Å²) in [5.41, 5.74) is 4.27. The maximum absolute atomic E-state index is 12.7. The van der Waals surface area contributed by atoms with Gasteiger partial charge in [0.15, 0.2) is 0 Å².